The highest BCUT2D eigenvalue weighted by Crippen LogP contribution is 2.28. The van der Waals surface area contributed by atoms with E-state index >= 15 is 0 Å². The molecule has 4 heteroatoms. The molecule has 2 atom stereocenters. The highest BCUT2D eigenvalue weighted by atomic mass is 16.5. The fourth-order valence-corrected chi connectivity index (χ4v) is 1.95. The van der Waals surface area contributed by atoms with Gasteiger partial charge in [-0.3, -0.25) is 11.3 Å². The summed E-state index contributed by atoms with van der Waals surface area (Å²) in [6, 6.07) is 0.0521. The molecule has 0 saturated carbocycles. The quantitative estimate of drug-likeness (QED) is 0.564. The van der Waals surface area contributed by atoms with Crippen LogP contribution in [0.5, 0.6) is 0 Å². The Labute approximate surface area is 83.4 Å². The lowest BCUT2D eigenvalue weighted by atomic mass is 10.00. The predicted molar refractivity (Wildman–Crippen MR) is 52.5 cm³/mol. The summed E-state index contributed by atoms with van der Waals surface area (Å²) in [6.45, 7) is 2.85. The Kier molecular flexibility index (Phi) is 2.86. The van der Waals surface area contributed by atoms with Crippen LogP contribution in [0.2, 0.25) is 0 Å². The first-order valence-electron chi connectivity index (χ1n) is 4.93. The Hall–Kier alpha value is -0.840. The lowest BCUT2D eigenvalue weighted by Gasteiger charge is -2.21. The maximum Gasteiger partial charge on any atom is 0.0954 e. The first kappa shape index (κ1) is 9.71. The maximum absolute atomic E-state index is 5.60. The Bertz CT molecular complexity index is 292. The van der Waals surface area contributed by atoms with E-state index in [4.69, 9.17) is 15.0 Å². The number of hydrazine groups is 1. The van der Waals surface area contributed by atoms with Crippen LogP contribution >= 0.6 is 0 Å². The van der Waals surface area contributed by atoms with Gasteiger partial charge in [0.05, 0.1) is 24.7 Å². The van der Waals surface area contributed by atoms with Crippen molar-refractivity contribution in [3.63, 3.8) is 0 Å². The second-order valence-corrected chi connectivity index (χ2v) is 3.71. The lowest BCUT2D eigenvalue weighted by molar-refractivity contribution is 0.0780. The molecule has 1 aliphatic rings. The van der Waals surface area contributed by atoms with Gasteiger partial charge in [0, 0.05) is 12.2 Å². The zero-order valence-electron chi connectivity index (χ0n) is 8.32. The second kappa shape index (κ2) is 4.13. The normalized spacial score (nSPS) is 24.0. The number of furan rings is 1. The number of hydrogen-bond donors (Lipinski definition) is 2. The van der Waals surface area contributed by atoms with E-state index in [2.05, 4.69) is 5.43 Å². The van der Waals surface area contributed by atoms with E-state index in [9.17, 15) is 0 Å². The van der Waals surface area contributed by atoms with Gasteiger partial charge in [0.1, 0.15) is 0 Å². The van der Waals surface area contributed by atoms with Crippen LogP contribution in [-0.2, 0) is 4.74 Å². The van der Waals surface area contributed by atoms with E-state index in [-0.39, 0.29) is 12.1 Å². The predicted octanol–water partition coefficient (Wildman–Crippen LogP) is 1.27. The molecular weight excluding hydrogens is 180 g/mol. The van der Waals surface area contributed by atoms with Gasteiger partial charge in [-0.15, -0.1) is 0 Å². The molecule has 1 saturated heterocycles. The molecule has 1 aliphatic heterocycles. The second-order valence-electron chi connectivity index (χ2n) is 3.71. The van der Waals surface area contributed by atoms with E-state index in [1.165, 1.54) is 0 Å². The van der Waals surface area contributed by atoms with Crippen molar-refractivity contribution >= 4 is 0 Å². The number of aryl methyl sites for hydroxylation is 1. The average molecular weight is 196 g/mol. The molecule has 1 aromatic heterocycles. The number of rotatable bonds is 3. The van der Waals surface area contributed by atoms with E-state index < -0.39 is 0 Å². The van der Waals surface area contributed by atoms with Crippen LogP contribution in [0.3, 0.4) is 0 Å². The topological polar surface area (TPSA) is 60.4 Å². The van der Waals surface area contributed by atoms with Gasteiger partial charge < -0.3 is 9.15 Å². The average Bonchev–Trinajstić information content (AvgIpc) is 2.80. The minimum absolute atomic E-state index is 0.0521. The SMILES string of the molecule is Cc1cocc1C(NN)C1CCCO1. The summed E-state index contributed by atoms with van der Waals surface area (Å²) >= 11 is 0. The summed E-state index contributed by atoms with van der Waals surface area (Å²) in [7, 11) is 0. The molecule has 0 spiro atoms. The van der Waals surface area contributed by atoms with Crippen LogP contribution in [0.25, 0.3) is 0 Å². The van der Waals surface area contributed by atoms with Crippen molar-refractivity contribution < 1.29 is 9.15 Å². The number of ether oxygens (including phenoxy) is 1. The van der Waals surface area contributed by atoms with Crippen molar-refractivity contribution in [2.45, 2.75) is 31.9 Å². The molecule has 78 valence electrons. The molecule has 0 aromatic carbocycles. The summed E-state index contributed by atoms with van der Waals surface area (Å²) in [5.41, 5.74) is 5.01. The minimum atomic E-state index is 0.0521. The molecule has 0 bridgehead atoms. The Morgan fingerprint density at radius 3 is 2.93 bits per heavy atom. The molecule has 0 amide bonds. The van der Waals surface area contributed by atoms with Crippen molar-refractivity contribution in [2.24, 2.45) is 5.84 Å². The number of hydrogen-bond acceptors (Lipinski definition) is 4. The van der Waals surface area contributed by atoms with Gasteiger partial charge >= 0.3 is 0 Å². The fourth-order valence-electron chi connectivity index (χ4n) is 1.95. The monoisotopic (exact) mass is 196 g/mol. The summed E-state index contributed by atoms with van der Waals surface area (Å²) in [4.78, 5) is 0. The molecule has 1 fully saturated rings. The first-order valence-corrected chi connectivity index (χ1v) is 4.93. The molecule has 3 N–H and O–H groups in total. The summed E-state index contributed by atoms with van der Waals surface area (Å²) in [5, 5.41) is 0. The highest BCUT2D eigenvalue weighted by molar-refractivity contribution is 5.24. The van der Waals surface area contributed by atoms with Gasteiger partial charge in [0.25, 0.3) is 0 Å². The Morgan fingerprint density at radius 1 is 1.57 bits per heavy atom. The van der Waals surface area contributed by atoms with Gasteiger partial charge in [0.15, 0.2) is 0 Å². The minimum Gasteiger partial charge on any atom is -0.472 e. The van der Waals surface area contributed by atoms with Crippen molar-refractivity contribution in [3.05, 3.63) is 23.7 Å². The number of nitrogens with one attached hydrogen (secondary N) is 1. The van der Waals surface area contributed by atoms with E-state index in [0.717, 1.165) is 30.6 Å². The lowest BCUT2D eigenvalue weighted by Crippen LogP contribution is -2.36. The molecule has 2 rings (SSSR count). The van der Waals surface area contributed by atoms with Gasteiger partial charge in [-0.05, 0) is 25.3 Å². The van der Waals surface area contributed by atoms with Crippen LogP contribution in [-0.4, -0.2) is 12.7 Å². The van der Waals surface area contributed by atoms with E-state index in [1.807, 2.05) is 6.92 Å². The van der Waals surface area contributed by atoms with Gasteiger partial charge in [-0.25, -0.2) is 0 Å². The fraction of sp³-hybridized carbons (Fsp3) is 0.600. The van der Waals surface area contributed by atoms with Gasteiger partial charge in [-0.2, -0.15) is 0 Å². The summed E-state index contributed by atoms with van der Waals surface area (Å²) < 4.78 is 10.7. The van der Waals surface area contributed by atoms with Crippen LogP contribution < -0.4 is 11.3 Å². The molecule has 1 aromatic rings. The van der Waals surface area contributed by atoms with Crippen molar-refractivity contribution in [2.75, 3.05) is 6.61 Å². The van der Waals surface area contributed by atoms with Crippen molar-refractivity contribution in [1.82, 2.24) is 5.43 Å². The third-order valence-electron chi connectivity index (χ3n) is 2.75. The van der Waals surface area contributed by atoms with Crippen LogP contribution in [0.4, 0.5) is 0 Å². The first-order chi connectivity index (χ1) is 6.83. The van der Waals surface area contributed by atoms with Crippen molar-refractivity contribution in [1.29, 1.82) is 0 Å². The summed E-state index contributed by atoms with van der Waals surface area (Å²) in [5.74, 6) is 5.54. The highest BCUT2D eigenvalue weighted by Gasteiger charge is 2.28. The largest absolute Gasteiger partial charge is 0.472 e. The Balaban J connectivity index is 2.16. The molecule has 14 heavy (non-hydrogen) atoms. The maximum atomic E-state index is 5.60. The third-order valence-corrected chi connectivity index (χ3v) is 2.75. The van der Waals surface area contributed by atoms with Crippen LogP contribution in [0.15, 0.2) is 16.9 Å². The van der Waals surface area contributed by atoms with Crippen LogP contribution in [0.1, 0.15) is 30.0 Å². The van der Waals surface area contributed by atoms with E-state index in [1.54, 1.807) is 12.5 Å². The van der Waals surface area contributed by atoms with Crippen molar-refractivity contribution in [3.8, 4) is 0 Å². The zero-order chi connectivity index (χ0) is 9.97. The molecule has 4 nitrogen and oxygen atoms in total. The van der Waals surface area contributed by atoms with Gasteiger partial charge in [0.2, 0.25) is 0 Å². The van der Waals surface area contributed by atoms with Gasteiger partial charge in [-0.1, -0.05) is 0 Å². The third kappa shape index (κ3) is 1.68. The molecule has 2 heterocycles. The Morgan fingerprint density at radius 2 is 2.43 bits per heavy atom. The molecular formula is C10H16N2O2. The number of nitrogens with two attached hydrogens (primary N) is 1. The summed E-state index contributed by atoms with van der Waals surface area (Å²) in [6.07, 6.45) is 5.81. The smallest absolute Gasteiger partial charge is 0.0954 e. The molecule has 2 unspecified atom stereocenters. The van der Waals surface area contributed by atoms with Crippen LogP contribution in [0, 0.1) is 6.92 Å². The standard InChI is InChI=1S/C10H16N2O2/c1-7-5-13-6-8(7)10(12-11)9-3-2-4-14-9/h5-6,9-10,12H,2-4,11H2,1H3. The zero-order valence-corrected chi connectivity index (χ0v) is 8.32. The molecule has 0 radical (unpaired) electrons. The molecule has 0 aliphatic carbocycles. The van der Waals surface area contributed by atoms with E-state index in [0.29, 0.717) is 0 Å².